The van der Waals surface area contributed by atoms with Crippen LogP contribution in [0.1, 0.15) is 22.8 Å². The number of nitrogens with one attached hydrogen (secondary N) is 2. The summed E-state index contributed by atoms with van der Waals surface area (Å²) in [4.78, 5) is 29.9. The molecule has 0 spiro atoms. The van der Waals surface area contributed by atoms with Crippen molar-refractivity contribution in [2.24, 2.45) is 0 Å². The normalized spacial score (nSPS) is 12.0. The molecule has 10 heteroatoms. The standard InChI is InChI=1S/C52H34N8O2/c61-60(62)38-23-13-22-37(30-38)46-32-59(58-57-46)47-31-45-50(35-18-9-3-10-19-35)43-27-26-41(54-43)48(33-14-5-1-6-15-33)39-24-25-40(53-39)49(34-16-7-2-8-17-34)42-28-29-44(55-42)51(52(47)56-45)36-20-11-4-12-21-36/h1-32,54-55H. The lowest BCUT2D eigenvalue weighted by molar-refractivity contribution is -0.384. The molecule has 0 fully saturated rings. The van der Waals surface area contributed by atoms with Crippen LogP contribution in [0.4, 0.5) is 5.69 Å². The highest BCUT2D eigenvalue weighted by molar-refractivity contribution is 6.02. The Hall–Kier alpha value is -8.76. The van der Waals surface area contributed by atoms with Crippen molar-refractivity contribution >= 4 is 51.7 Å². The summed E-state index contributed by atoms with van der Waals surface area (Å²) in [5.41, 5.74) is 15.8. The van der Waals surface area contributed by atoms with Crippen LogP contribution in [0.2, 0.25) is 0 Å². The maximum absolute atomic E-state index is 11.7. The van der Waals surface area contributed by atoms with Gasteiger partial charge in [-0.3, -0.25) is 10.1 Å². The van der Waals surface area contributed by atoms with Crippen LogP contribution in [0.25, 0.3) is 102 Å². The van der Waals surface area contributed by atoms with Crippen LogP contribution in [0.5, 0.6) is 0 Å². The van der Waals surface area contributed by atoms with Crippen molar-refractivity contribution in [2.45, 2.75) is 0 Å². The third-order valence-corrected chi connectivity index (χ3v) is 11.2. The van der Waals surface area contributed by atoms with Gasteiger partial charge in [0.15, 0.2) is 0 Å². The largest absolute Gasteiger partial charge is 0.354 e. The predicted octanol–water partition coefficient (Wildman–Crippen LogP) is 12.4. The van der Waals surface area contributed by atoms with E-state index in [9.17, 15) is 10.1 Å². The molecule has 5 aromatic carbocycles. The highest BCUT2D eigenvalue weighted by Gasteiger charge is 2.25. The van der Waals surface area contributed by atoms with Gasteiger partial charge in [-0.15, -0.1) is 5.10 Å². The van der Waals surface area contributed by atoms with Gasteiger partial charge in [0.05, 0.1) is 39.6 Å². The van der Waals surface area contributed by atoms with Gasteiger partial charge in [0.1, 0.15) is 5.69 Å². The van der Waals surface area contributed by atoms with Gasteiger partial charge in [-0.05, 0) is 64.7 Å². The van der Waals surface area contributed by atoms with Crippen molar-refractivity contribution in [3.8, 4) is 55.8 Å². The fourth-order valence-corrected chi connectivity index (χ4v) is 8.36. The Kier molecular flexibility index (Phi) is 8.86. The highest BCUT2D eigenvalue weighted by Crippen LogP contribution is 2.41. The predicted molar refractivity (Wildman–Crippen MR) is 247 cm³/mol. The molecule has 0 atom stereocenters. The van der Waals surface area contributed by atoms with Crippen molar-refractivity contribution < 1.29 is 4.92 Å². The molecule has 10 nitrogen and oxygen atoms in total. The highest BCUT2D eigenvalue weighted by atomic mass is 16.6. The van der Waals surface area contributed by atoms with Gasteiger partial charge in [-0.2, -0.15) is 0 Å². The number of aromatic amines is 2. The molecule has 0 aliphatic carbocycles. The summed E-state index contributed by atoms with van der Waals surface area (Å²) < 4.78 is 1.71. The van der Waals surface area contributed by atoms with Crippen LogP contribution in [0.15, 0.2) is 176 Å². The van der Waals surface area contributed by atoms with Crippen LogP contribution in [0, 0.1) is 10.1 Å². The fraction of sp³-hybridized carbons (Fsp3) is 0. The SMILES string of the molecule is O=[N+]([O-])c1cccc(-c2cn(C3=Cc4nc3c(-c3ccccc3)c3ccc([nH]3)c(-c3ccccc3)c3nc(c(-c5ccccc5)c5ccc([nH]5)c4-c4ccccc4)C=C3)nn2)c1. The average Bonchev–Trinajstić information content (AvgIpc) is 4.19. The van der Waals surface area contributed by atoms with E-state index >= 15 is 0 Å². The number of hydrogen-bond acceptors (Lipinski definition) is 6. The molecule has 0 saturated carbocycles. The summed E-state index contributed by atoms with van der Waals surface area (Å²) >= 11 is 0. The Morgan fingerprint density at radius 2 is 0.935 bits per heavy atom. The van der Waals surface area contributed by atoms with Crippen molar-refractivity contribution in [2.75, 3.05) is 0 Å². The zero-order valence-corrected chi connectivity index (χ0v) is 33.0. The first-order valence-corrected chi connectivity index (χ1v) is 20.2. The number of nitro benzene ring substituents is 1. The third-order valence-electron chi connectivity index (χ3n) is 11.2. The Balaban J connectivity index is 1.30. The van der Waals surface area contributed by atoms with Crippen LogP contribution in [-0.2, 0) is 0 Å². The van der Waals surface area contributed by atoms with Crippen molar-refractivity contribution in [3.63, 3.8) is 0 Å². The minimum atomic E-state index is -0.410. The number of rotatable bonds is 7. The molecule has 62 heavy (non-hydrogen) atoms. The molecule has 0 amide bonds. The first kappa shape index (κ1) is 36.3. The van der Waals surface area contributed by atoms with Crippen molar-refractivity contribution in [3.05, 3.63) is 209 Å². The van der Waals surface area contributed by atoms with E-state index in [1.165, 1.54) is 12.1 Å². The maximum atomic E-state index is 11.7. The Morgan fingerprint density at radius 1 is 0.484 bits per heavy atom. The lowest BCUT2D eigenvalue weighted by Gasteiger charge is -2.09. The van der Waals surface area contributed by atoms with Crippen LogP contribution in [0.3, 0.4) is 0 Å². The number of H-pyrrole nitrogens is 2. The molecule has 0 radical (unpaired) electrons. The van der Waals surface area contributed by atoms with Gasteiger partial charge in [-0.1, -0.05) is 139 Å². The molecular weight excluding hydrogens is 769 g/mol. The van der Waals surface area contributed by atoms with E-state index in [0.29, 0.717) is 28.3 Å². The molecule has 11 rings (SSSR count). The number of fused-ring (bicyclic) bond motifs is 8. The zero-order chi connectivity index (χ0) is 41.6. The molecule has 0 unspecified atom stereocenters. The summed E-state index contributed by atoms with van der Waals surface area (Å²) in [6.45, 7) is 0. The van der Waals surface area contributed by atoms with E-state index in [0.717, 1.165) is 78.0 Å². The zero-order valence-electron chi connectivity index (χ0n) is 33.0. The van der Waals surface area contributed by atoms with E-state index in [1.54, 1.807) is 23.0 Å². The smallest absolute Gasteiger partial charge is 0.270 e. The third kappa shape index (κ3) is 6.48. The van der Waals surface area contributed by atoms with Crippen LogP contribution < -0.4 is 0 Å². The van der Waals surface area contributed by atoms with Crippen LogP contribution in [-0.4, -0.2) is 39.9 Å². The second kappa shape index (κ2) is 15.1. The van der Waals surface area contributed by atoms with E-state index < -0.39 is 4.92 Å². The summed E-state index contributed by atoms with van der Waals surface area (Å²) in [6, 6.07) is 55.9. The second-order valence-electron chi connectivity index (χ2n) is 15.0. The quantitative estimate of drug-likeness (QED) is 0.122. The van der Waals surface area contributed by atoms with Gasteiger partial charge in [-0.25, -0.2) is 14.6 Å². The number of benzene rings is 5. The fourth-order valence-electron chi connectivity index (χ4n) is 8.36. The molecule has 2 N–H and O–H groups in total. The monoisotopic (exact) mass is 802 g/mol. The Bertz CT molecular complexity index is 3420. The minimum Gasteiger partial charge on any atom is -0.354 e. The average molecular weight is 803 g/mol. The molecular formula is C52H34N8O2. The Labute approximate surface area is 355 Å². The Morgan fingerprint density at radius 3 is 1.44 bits per heavy atom. The lowest BCUT2D eigenvalue weighted by atomic mass is 10.0. The van der Waals surface area contributed by atoms with E-state index in [2.05, 4.69) is 105 Å². The molecule has 4 aromatic heterocycles. The molecule has 9 aromatic rings. The topological polar surface area (TPSA) is 131 Å². The van der Waals surface area contributed by atoms with Gasteiger partial charge in [0, 0.05) is 62.0 Å². The summed E-state index contributed by atoms with van der Waals surface area (Å²) in [5, 5.41) is 20.9. The van der Waals surface area contributed by atoms with Crippen molar-refractivity contribution in [1.29, 1.82) is 0 Å². The van der Waals surface area contributed by atoms with Gasteiger partial charge < -0.3 is 9.97 Å². The minimum absolute atomic E-state index is 0.0268. The maximum Gasteiger partial charge on any atom is 0.270 e. The molecule has 2 aliphatic rings. The van der Waals surface area contributed by atoms with Gasteiger partial charge >= 0.3 is 0 Å². The lowest BCUT2D eigenvalue weighted by Crippen LogP contribution is -2.00. The van der Waals surface area contributed by atoms with E-state index in [-0.39, 0.29) is 5.69 Å². The number of aromatic nitrogens is 7. The first-order valence-electron chi connectivity index (χ1n) is 20.2. The van der Waals surface area contributed by atoms with E-state index in [4.69, 9.17) is 9.97 Å². The molecule has 8 bridgehead atoms. The van der Waals surface area contributed by atoms with Gasteiger partial charge in [0.25, 0.3) is 5.69 Å². The number of non-ortho nitro benzene ring substituents is 1. The number of hydrogen-bond donors (Lipinski definition) is 2. The number of nitro groups is 1. The molecule has 2 aliphatic heterocycles. The van der Waals surface area contributed by atoms with Crippen LogP contribution >= 0.6 is 0 Å². The molecule has 294 valence electrons. The number of nitrogens with zero attached hydrogens (tertiary/aromatic N) is 6. The molecule has 0 saturated heterocycles. The summed E-state index contributed by atoms with van der Waals surface area (Å²) in [5.74, 6) is 0. The molecule has 6 heterocycles. The van der Waals surface area contributed by atoms with Gasteiger partial charge in [0.2, 0.25) is 0 Å². The second-order valence-corrected chi connectivity index (χ2v) is 15.0. The van der Waals surface area contributed by atoms with E-state index in [1.807, 2.05) is 78.9 Å². The summed E-state index contributed by atoms with van der Waals surface area (Å²) in [6.07, 6.45) is 8.04. The summed E-state index contributed by atoms with van der Waals surface area (Å²) in [7, 11) is 0. The first-order chi connectivity index (χ1) is 30.6. The van der Waals surface area contributed by atoms with Crippen molar-refractivity contribution in [1.82, 2.24) is 34.9 Å².